The molecule has 2 saturated carbocycles. The average Bonchev–Trinajstić information content (AvgIpc) is 2.96. The molecule has 0 saturated heterocycles. The van der Waals surface area contributed by atoms with E-state index in [9.17, 15) is 0 Å². The minimum absolute atomic E-state index is 0.290. The van der Waals surface area contributed by atoms with E-state index in [1.54, 1.807) is 0 Å². The van der Waals surface area contributed by atoms with E-state index in [0.717, 1.165) is 11.5 Å². The quantitative estimate of drug-likeness (QED) is 0.816. The number of pyridine rings is 1. The number of hydrogen-bond acceptors (Lipinski definition) is 3. The number of anilines is 2. The summed E-state index contributed by atoms with van der Waals surface area (Å²) in [5.74, 6) is 1.01. The molecule has 0 radical (unpaired) electrons. The van der Waals surface area contributed by atoms with E-state index in [-0.39, 0.29) is 5.41 Å². The molecular weight excluding hydrogens is 294 g/mol. The minimum atomic E-state index is 0.290. The van der Waals surface area contributed by atoms with Crippen molar-refractivity contribution in [3.05, 3.63) is 54.2 Å². The molecule has 2 aromatic rings. The van der Waals surface area contributed by atoms with Crippen molar-refractivity contribution in [3.63, 3.8) is 0 Å². The van der Waals surface area contributed by atoms with E-state index in [1.807, 2.05) is 6.20 Å². The first-order valence-corrected chi connectivity index (χ1v) is 9.26. The summed E-state index contributed by atoms with van der Waals surface area (Å²) >= 11 is 0. The van der Waals surface area contributed by atoms with Crippen molar-refractivity contribution in [3.8, 4) is 0 Å². The van der Waals surface area contributed by atoms with Gasteiger partial charge in [-0.3, -0.25) is 0 Å². The van der Waals surface area contributed by atoms with Gasteiger partial charge in [0.05, 0.1) is 11.9 Å². The van der Waals surface area contributed by atoms with Gasteiger partial charge in [-0.2, -0.15) is 0 Å². The SMILES string of the molecule is CC1(c2ccccc2)CCC(Nc2ccc(NC3CCC3)nc2)C1. The molecule has 0 aliphatic heterocycles. The summed E-state index contributed by atoms with van der Waals surface area (Å²) in [5, 5.41) is 7.18. The van der Waals surface area contributed by atoms with Crippen molar-refractivity contribution in [2.24, 2.45) is 0 Å². The molecule has 1 aromatic heterocycles. The molecule has 2 atom stereocenters. The van der Waals surface area contributed by atoms with Gasteiger partial charge in [-0.05, 0) is 61.6 Å². The maximum Gasteiger partial charge on any atom is 0.126 e. The third-order valence-electron chi connectivity index (χ3n) is 5.80. The molecule has 4 rings (SSSR count). The normalized spacial score (nSPS) is 26.8. The predicted molar refractivity (Wildman–Crippen MR) is 101 cm³/mol. The molecule has 1 heterocycles. The molecule has 0 bridgehead atoms. The van der Waals surface area contributed by atoms with Crippen molar-refractivity contribution >= 4 is 11.5 Å². The molecule has 3 heteroatoms. The fraction of sp³-hybridized carbons (Fsp3) is 0.476. The van der Waals surface area contributed by atoms with Crippen LogP contribution in [0.2, 0.25) is 0 Å². The zero-order valence-corrected chi connectivity index (χ0v) is 14.5. The lowest BCUT2D eigenvalue weighted by atomic mass is 9.81. The molecule has 2 aliphatic carbocycles. The fourth-order valence-corrected chi connectivity index (χ4v) is 4.03. The Bertz CT molecular complexity index is 663. The lowest BCUT2D eigenvalue weighted by Crippen LogP contribution is -2.27. The van der Waals surface area contributed by atoms with Crippen LogP contribution in [0, 0.1) is 0 Å². The van der Waals surface area contributed by atoms with E-state index in [1.165, 1.54) is 44.1 Å². The smallest absolute Gasteiger partial charge is 0.126 e. The van der Waals surface area contributed by atoms with Crippen LogP contribution in [-0.2, 0) is 5.41 Å². The summed E-state index contributed by atoms with van der Waals surface area (Å²) in [6, 6.07) is 16.4. The van der Waals surface area contributed by atoms with Crippen LogP contribution in [0.4, 0.5) is 11.5 Å². The van der Waals surface area contributed by atoms with Crippen LogP contribution < -0.4 is 10.6 Å². The summed E-state index contributed by atoms with van der Waals surface area (Å²) in [6.07, 6.45) is 9.51. The van der Waals surface area contributed by atoms with Gasteiger partial charge in [-0.15, -0.1) is 0 Å². The van der Waals surface area contributed by atoms with Gasteiger partial charge in [0.1, 0.15) is 5.82 Å². The zero-order chi connectivity index (χ0) is 16.4. The van der Waals surface area contributed by atoms with Gasteiger partial charge in [0, 0.05) is 12.1 Å². The maximum absolute atomic E-state index is 4.56. The van der Waals surface area contributed by atoms with Crippen LogP contribution in [0.25, 0.3) is 0 Å². The molecule has 3 nitrogen and oxygen atoms in total. The number of aromatic nitrogens is 1. The number of rotatable bonds is 5. The average molecular weight is 321 g/mol. The van der Waals surface area contributed by atoms with Crippen molar-refractivity contribution in [1.29, 1.82) is 0 Å². The Kier molecular flexibility index (Phi) is 4.17. The monoisotopic (exact) mass is 321 g/mol. The lowest BCUT2D eigenvalue weighted by Gasteiger charge is -2.27. The number of hydrogen-bond donors (Lipinski definition) is 2. The summed E-state index contributed by atoms with van der Waals surface area (Å²) in [5.41, 5.74) is 2.89. The Balaban J connectivity index is 1.36. The van der Waals surface area contributed by atoms with Crippen molar-refractivity contribution in [1.82, 2.24) is 4.98 Å². The molecule has 0 amide bonds. The molecular formula is C21H27N3. The van der Waals surface area contributed by atoms with Crippen LogP contribution in [0.1, 0.15) is 51.0 Å². The highest BCUT2D eigenvalue weighted by Crippen LogP contribution is 2.41. The number of benzene rings is 1. The van der Waals surface area contributed by atoms with Crippen molar-refractivity contribution < 1.29 is 0 Å². The third-order valence-corrected chi connectivity index (χ3v) is 5.80. The predicted octanol–water partition coefficient (Wildman–Crippen LogP) is 4.97. The van der Waals surface area contributed by atoms with Crippen LogP contribution in [0.3, 0.4) is 0 Å². The summed E-state index contributed by atoms with van der Waals surface area (Å²) in [6.45, 7) is 2.40. The highest BCUT2D eigenvalue weighted by atomic mass is 15.0. The summed E-state index contributed by atoms with van der Waals surface area (Å²) in [4.78, 5) is 4.56. The lowest BCUT2D eigenvalue weighted by molar-refractivity contribution is 0.444. The van der Waals surface area contributed by atoms with E-state index in [2.05, 4.69) is 65.0 Å². The van der Waals surface area contributed by atoms with E-state index >= 15 is 0 Å². The molecule has 1 aromatic carbocycles. The molecule has 24 heavy (non-hydrogen) atoms. The Hall–Kier alpha value is -2.03. The molecule has 2 N–H and O–H groups in total. The zero-order valence-electron chi connectivity index (χ0n) is 14.5. The largest absolute Gasteiger partial charge is 0.381 e. The van der Waals surface area contributed by atoms with Gasteiger partial charge in [0.2, 0.25) is 0 Å². The standard InChI is InChI=1S/C21H27N3/c1-21(16-6-3-2-4-7-16)13-12-18(14-21)23-19-10-11-20(22-15-19)24-17-8-5-9-17/h2-4,6-7,10-11,15,17-18,23H,5,8-9,12-14H2,1H3,(H,22,24). The van der Waals surface area contributed by atoms with E-state index in [4.69, 9.17) is 0 Å². The van der Waals surface area contributed by atoms with Crippen molar-refractivity contribution in [2.45, 2.75) is 62.9 Å². The Morgan fingerprint density at radius 1 is 0.958 bits per heavy atom. The number of nitrogens with one attached hydrogen (secondary N) is 2. The fourth-order valence-electron chi connectivity index (χ4n) is 4.03. The molecule has 126 valence electrons. The van der Waals surface area contributed by atoms with Gasteiger partial charge < -0.3 is 10.6 Å². The van der Waals surface area contributed by atoms with Gasteiger partial charge in [0.25, 0.3) is 0 Å². The number of nitrogens with zero attached hydrogens (tertiary/aromatic N) is 1. The first-order chi connectivity index (χ1) is 11.7. The highest BCUT2D eigenvalue weighted by Gasteiger charge is 2.36. The minimum Gasteiger partial charge on any atom is -0.381 e. The summed E-state index contributed by atoms with van der Waals surface area (Å²) < 4.78 is 0. The second kappa shape index (κ2) is 6.46. The van der Waals surface area contributed by atoms with Crippen molar-refractivity contribution in [2.75, 3.05) is 10.6 Å². The van der Waals surface area contributed by atoms with Crippen LogP contribution >= 0.6 is 0 Å². The van der Waals surface area contributed by atoms with Gasteiger partial charge >= 0.3 is 0 Å². The Morgan fingerprint density at radius 2 is 1.79 bits per heavy atom. The topological polar surface area (TPSA) is 37.0 Å². The molecule has 2 unspecified atom stereocenters. The first kappa shape index (κ1) is 15.5. The molecule has 0 spiro atoms. The summed E-state index contributed by atoms with van der Waals surface area (Å²) in [7, 11) is 0. The van der Waals surface area contributed by atoms with Crippen LogP contribution in [0.5, 0.6) is 0 Å². The highest BCUT2D eigenvalue weighted by molar-refractivity contribution is 5.48. The van der Waals surface area contributed by atoms with Crippen LogP contribution in [-0.4, -0.2) is 17.1 Å². The first-order valence-electron chi connectivity index (χ1n) is 9.26. The maximum atomic E-state index is 4.56. The van der Waals surface area contributed by atoms with E-state index in [0.29, 0.717) is 12.1 Å². The van der Waals surface area contributed by atoms with E-state index < -0.39 is 0 Å². The van der Waals surface area contributed by atoms with Gasteiger partial charge in [0.15, 0.2) is 0 Å². The van der Waals surface area contributed by atoms with Gasteiger partial charge in [-0.1, -0.05) is 37.3 Å². The third kappa shape index (κ3) is 3.26. The Labute approximate surface area is 144 Å². The molecule has 2 aliphatic rings. The van der Waals surface area contributed by atoms with Crippen LogP contribution in [0.15, 0.2) is 48.7 Å². The molecule has 2 fully saturated rings. The second-order valence-electron chi connectivity index (χ2n) is 7.72. The Morgan fingerprint density at radius 3 is 2.46 bits per heavy atom. The van der Waals surface area contributed by atoms with Gasteiger partial charge in [-0.25, -0.2) is 4.98 Å². The second-order valence-corrected chi connectivity index (χ2v) is 7.72.